The Bertz CT molecular complexity index is 791. The molecule has 2 aromatic rings. The van der Waals surface area contributed by atoms with Gasteiger partial charge in [0.05, 0.1) is 9.82 Å². The van der Waals surface area contributed by atoms with Crippen molar-refractivity contribution in [2.75, 3.05) is 4.72 Å². The third-order valence-corrected chi connectivity index (χ3v) is 4.25. The summed E-state index contributed by atoms with van der Waals surface area (Å²) in [6.45, 7) is 1.81. The summed E-state index contributed by atoms with van der Waals surface area (Å²) in [7, 11) is -3.97. The highest BCUT2D eigenvalue weighted by molar-refractivity contribution is 7.92. The lowest BCUT2D eigenvalue weighted by Gasteiger charge is -2.07. The predicted octanol–water partition coefficient (Wildman–Crippen LogP) is 2.75. The minimum Gasteiger partial charge on any atom is -0.263 e. The second-order valence-electron chi connectivity index (χ2n) is 4.20. The predicted molar refractivity (Wildman–Crippen MR) is 77.9 cm³/mol. The van der Waals surface area contributed by atoms with Gasteiger partial charge in [-0.25, -0.2) is 13.4 Å². The Morgan fingerprint density at radius 3 is 2.57 bits per heavy atom. The minimum absolute atomic E-state index is 0.123. The van der Waals surface area contributed by atoms with E-state index >= 15 is 0 Å². The summed E-state index contributed by atoms with van der Waals surface area (Å²) >= 11 is 5.65. The number of nitrogens with zero attached hydrogens (tertiary/aromatic N) is 2. The zero-order valence-electron chi connectivity index (χ0n) is 10.8. The van der Waals surface area contributed by atoms with E-state index in [-0.39, 0.29) is 15.7 Å². The molecule has 0 aliphatic carbocycles. The van der Waals surface area contributed by atoms with Crippen LogP contribution in [0.25, 0.3) is 0 Å². The largest absolute Gasteiger partial charge is 0.289 e. The minimum atomic E-state index is -3.97. The highest BCUT2D eigenvalue weighted by atomic mass is 35.5. The van der Waals surface area contributed by atoms with Gasteiger partial charge in [0.2, 0.25) is 0 Å². The molecule has 1 heterocycles. The van der Waals surface area contributed by atoms with Gasteiger partial charge in [-0.15, -0.1) is 0 Å². The van der Waals surface area contributed by atoms with Gasteiger partial charge in [-0.1, -0.05) is 17.7 Å². The zero-order chi connectivity index (χ0) is 15.6. The van der Waals surface area contributed by atoms with Crippen LogP contribution in [0.2, 0.25) is 5.02 Å². The molecule has 1 N–H and O–H groups in total. The molecule has 0 unspecified atom stereocenters. The van der Waals surface area contributed by atoms with Crippen molar-refractivity contribution in [3.05, 3.63) is 57.2 Å². The van der Waals surface area contributed by atoms with Crippen molar-refractivity contribution in [2.45, 2.75) is 11.8 Å². The Labute approximate surface area is 125 Å². The van der Waals surface area contributed by atoms with Crippen LogP contribution in [-0.2, 0) is 10.0 Å². The fraction of sp³-hybridized carbons (Fsp3) is 0.0833. The molecule has 0 saturated carbocycles. The lowest BCUT2D eigenvalue weighted by molar-refractivity contribution is -0.384. The number of aryl methyl sites for hydroxylation is 1. The summed E-state index contributed by atoms with van der Waals surface area (Å²) in [5, 5.41) is 10.7. The Balaban J connectivity index is 2.38. The van der Waals surface area contributed by atoms with Crippen molar-refractivity contribution in [3.8, 4) is 0 Å². The van der Waals surface area contributed by atoms with Crippen LogP contribution in [0.5, 0.6) is 0 Å². The lowest BCUT2D eigenvalue weighted by Crippen LogP contribution is -2.14. The molecule has 9 heteroatoms. The molecule has 0 aliphatic rings. The normalized spacial score (nSPS) is 11.1. The topological polar surface area (TPSA) is 102 Å². The molecule has 2 rings (SSSR count). The summed E-state index contributed by atoms with van der Waals surface area (Å²) in [6.07, 6.45) is 1.50. The molecule has 1 aromatic heterocycles. The number of hydrogen-bond acceptors (Lipinski definition) is 5. The number of rotatable bonds is 4. The second kappa shape index (κ2) is 5.66. The van der Waals surface area contributed by atoms with Crippen LogP contribution in [-0.4, -0.2) is 18.3 Å². The first-order valence-electron chi connectivity index (χ1n) is 5.69. The molecule has 0 bridgehead atoms. The molecule has 0 saturated heterocycles. The molecule has 0 amide bonds. The smallest absolute Gasteiger partial charge is 0.263 e. The summed E-state index contributed by atoms with van der Waals surface area (Å²) in [4.78, 5) is 13.7. The first kappa shape index (κ1) is 15.2. The van der Waals surface area contributed by atoms with Crippen LogP contribution in [0.1, 0.15) is 5.56 Å². The maximum Gasteiger partial charge on any atom is 0.289 e. The van der Waals surface area contributed by atoms with Crippen LogP contribution >= 0.6 is 11.6 Å². The van der Waals surface area contributed by atoms with Gasteiger partial charge in [-0.2, -0.15) is 0 Å². The molecule has 21 heavy (non-hydrogen) atoms. The average molecular weight is 328 g/mol. The number of sulfonamides is 1. The van der Waals surface area contributed by atoms with Gasteiger partial charge >= 0.3 is 0 Å². The average Bonchev–Trinajstić information content (AvgIpc) is 2.41. The highest BCUT2D eigenvalue weighted by Crippen LogP contribution is 2.27. The number of benzene rings is 1. The summed E-state index contributed by atoms with van der Waals surface area (Å²) in [5.41, 5.74) is 0.400. The number of halogens is 1. The van der Waals surface area contributed by atoms with Crippen molar-refractivity contribution in [1.29, 1.82) is 0 Å². The number of pyridine rings is 1. The molecular weight excluding hydrogens is 318 g/mol. The maximum absolute atomic E-state index is 12.2. The van der Waals surface area contributed by atoms with Gasteiger partial charge in [-0.05, 0) is 30.7 Å². The lowest BCUT2D eigenvalue weighted by atomic mass is 10.3. The van der Waals surface area contributed by atoms with E-state index in [9.17, 15) is 18.5 Å². The monoisotopic (exact) mass is 327 g/mol. The third-order valence-electron chi connectivity index (χ3n) is 2.57. The first-order valence-corrected chi connectivity index (χ1v) is 7.55. The van der Waals surface area contributed by atoms with Crippen LogP contribution in [0.3, 0.4) is 0 Å². The fourth-order valence-corrected chi connectivity index (χ4v) is 2.74. The molecule has 0 spiro atoms. The van der Waals surface area contributed by atoms with Crippen molar-refractivity contribution >= 4 is 33.1 Å². The number of aromatic nitrogens is 1. The molecule has 110 valence electrons. The number of nitro groups is 1. The molecule has 7 nitrogen and oxygen atoms in total. The van der Waals surface area contributed by atoms with E-state index in [1.165, 1.54) is 18.3 Å². The van der Waals surface area contributed by atoms with E-state index < -0.39 is 20.6 Å². The molecule has 0 fully saturated rings. The number of hydrogen-bond donors (Lipinski definition) is 1. The molecule has 0 radical (unpaired) electrons. The van der Waals surface area contributed by atoms with Gasteiger partial charge in [0, 0.05) is 12.3 Å². The Morgan fingerprint density at radius 1 is 1.29 bits per heavy atom. The Morgan fingerprint density at radius 2 is 2.00 bits per heavy atom. The van der Waals surface area contributed by atoms with E-state index in [1.807, 2.05) is 6.92 Å². The Kier molecular flexibility index (Phi) is 4.10. The third kappa shape index (κ3) is 3.47. The highest BCUT2D eigenvalue weighted by Gasteiger charge is 2.21. The number of nitrogens with one attached hydrogen (secondary N) is 1. The number of anilines is 1. The van der Waals surface area contributed by atoms with E-state index in [1.54, 1.807) is 6.07 Å². The van der Waals surface area contributed by atoms with Crippen LogP contribution in [0.4, 0.5) is 11.5 Å². The van der Waals surface area contributed by atoms with Gasteiger partial charge in [-0.3, -0.25) is 14.8 Å². The van der Waals surface area contributed by atoms with E-state index in [4.69, 9.17) is 11.6 Å². The SMILES string of the molecule is Cc1ccc(NS(=O)(=O)c2ccc(Cl)c([N+](=O)[O-])c2)nc1. The van der Waals surface area contributed by atoms with Gasteiger partial charge < -0.3 is 0 Å². The molecule has 0 aliphatic heterocycles. The van der Waals surface area contributed by atoms with Crippen LogP contribution < -0.4 is 4.72 Å². The summed E-state index contributed by atoms with van der Waals surface area (Å²) in [6, 6.07) is 6.44. The molecule has 1 aromatic carbocycles. The maximum atomic E-state index is 12.2. The zero-order valence-corrected chi connectivity index (χ0v) is 12.4. The molecule has 0 atom stereocenters. The van der Waals surface area contributed by atoms with E-state index in [2.05, 4.69) is 9.71 Å². The first-order chi connectivity index (χ1) is 9.79. The van der Waals surface area contributed by atoms with Crippen molar-refractivity contribution < 1.29 is 13.3 Å². The molecular formula is C12H10ClN3O4S. The van der Waals surface area contributed by atoms with Gasteiger partial charge in [0.15, 0.2) is 0 Å². The van der Waals surface area contributed by atoms with Crippen LogP contribution in [0.15, 0.2) is 41.4 Å². The summed E-state index contributed by atoms with van der Waals surface area (Å²) in [5.74, 6) is 0.123. The van der Waals surface area contributed by atoms with Crippen molar-refractivity contribution in [1.82, 2.24) is 4.98 Å². The Hall–Kier alpha value is -2.19. The van der Waals surface area contributed by atoms with Crippen molar-refractivity contribution in [3.63, 3.8) is 0 Å². The van der Waals surface area contributed by atoms with Crippen molar-refractivity contribution in [2.24, 2.45) is 0 Å². The van der Waals surface area contributed by atoms with Gasteiger partial charge in [0.1, 0.15) is 10.8 Å². The van der Waals surface area contributed by atoms with Gasteiger partial charge in [0.25, 0.3) is 15.7 Å². The standard InChI is InChI=1S/C12H10ClN3O4S/c1-8-2-5-12(14-7-8)15-21(19,20)9-3-4-10(13)11(6-9)16(17)18/h2-7H,1H3,(H,14,15). The fourth-order valence-electron chi connectivity index (χ4n) is 1.52. The van der Waals surface area contributed by atoms with E-state index in [0.29, 0.717) is 0 Å². The summed E-state index contributed by atoms with van der Waals surface area (Å²) < 4.78 is 26.6. The number of nitro benzene ring substituents is 1. The van der Waals surface area contributed by atoms with Crippen LogP contribution in [0, 0.1) is 17.0 Å². The second-order valence-corrected chi connectivity index (χ2v) is 6.29. The quantitative estimate of drug-likeness (QED) is 0.687. The van der Waals surface area contributed by atoms with E-state index in [0.717, 1.165) is 17.7 Å².